The number of aromatic nitrogens is 1. The van der Waals surface area contributed by atoms with Crippen LogP contribution in [0.25, 0.3) is 0 Å². The summed E-state index contributed by atoms with van der Waals surface area (Å²) in [6.07, 6.45) is -1.08. The molecule has 6 nitrogen and oxygen atoms in total. The van der Waals surface area contributed by atoms with Crippen LogP contribution in [0.15, 0.2) is 23.3 Å². The van der Waals surface area contributed by atoms with Gasteiger partial charge in [-0.05, 0) is 13.0 Å². The molecule has 9 heteroatoms. The molecule has 0 aromatic carbocycles. The number of hydrogen-bond acceptors (Lipinski definition) is 4. The minimum absolute atomic E-state index is 0. The fourth-order valence-corrected chi connectivity index (χ4v) is 1.58. The highest BCUT2D eigenvalue weighted by Crippen LogP contribution is 2.16. The van der Waals surface area contributed by atoms with Gasteiger partial charge in [-0.2, -0.15) is 0 Å². The van der Waals surface area contributed by atoms with Gasteiger partial charge in [0.05, 0.1) is 13.2 Å². The number of ether oxygens (including phenoxy) is 2. The fraction of sp³-hybridized carbons (Fsp3) is 0.538. The molecule has 0 saturated heterocycles. The van der Waals surface area contributed by atoms with E-state index in [1.54, 1.807) is 19.2 Å². The first kappa shape index (κ1) is 20.8. The van der Waals surface area contributed by atoms with Gasteiger partial charge in [0.2, 0.25) is 5.88 Å². The van der Waals surface area contributed by atoms with Crippen molar-refractivity contribution < 1.29 is 18.3 Å². The lowest BCUT2D eigenvalue weighted by Gasteiger charge is -2.13. The van der Waals surface area contributed by atoms with Crippen LogP contribution in [-0.4, -0.2) is 43.7 Å². The second kappa shape index (κ2) is 11.4. The fourth-order valence-electron chi connectivity index (χ4n) is 1.58. The zero-order valence-electron chi connectivity index (χ0n) is 12.5. The predicted octanol–water partition coefficient (Wildman–Crippen LogP) is 1.78. The Labute approximate surface area is 145 Å². The monoisotopic (exact) mass is 430 g/mol. The van der Waals surface area contributed by atoms with E-state index in [-0.39, 0.29) is 48.4 Å². The van der Waals surface area contributed by atoms with Crippen LogP contribution < -0.4 is 15.8 Å². The van der Waals surface area contributed by atoms with E-state index in [1.807, 2.05) is 6.92 Å². The van der Waals surface area contributed by atoms with Gasteiger partial charge in [-0.3, -0.25) is 0 Å². The van der Waals surface area contributed by atoms with Gasteiger partial charge in [-0.1, -0.05) is 6.07 Å². The Kier molecular flexibility index (Phi) is 10.7. The first-order chi connectivity index (χ1) is 10.0. The van der Waals surface area contributed by atoms with Crippen molar-refractivity contribution in [1.82, 2.24) is 10.3 Å². The number of alkyl halides is 2. The van der Waals surface area contributed by atoms with Crippen molar-refractivity contribution in [2.45, 2.75) is 25.9 Å². The summed E-state index contributed by atoms with van der Waals surface area (Å²) in [6, 6.07) is 3.39. The first-order valence-corrected chi connectivity index (χ1v) is 6.43. The van der Waals surface area contributed by atoms with Crippen LogP contribution in [0, 0.1) is 0 Å². The molecule has 0 bridgehead atoms. The zero-order chi connectivity index (χ0) is 15.7. The number of pyridine rings is 1. The Morgan fingerprint density at radius 2 is 2.18 bits per heavy atom. The molecule has 1 aromatic rings. The van der Waals surface area contributed by atoms with Gasteiger partial charge in [0, 0.05) is 24.9 Å². The molecule has 0 fully saturated rings. The standard InChI is InChI=1S/C13H20F2N4O2.HI/c1-9(7-20-2)19-13(16)18-6-10-4-3-5-17-12(10)21-8-11(14)15;/h3-5,9,11H,6-8H2,1-2H3,(H3,16,18,19);1H. The smallest absolute Gasteiger partial charge is 0.272 e. The second-order valence-electron chi connectivity index (χ2n) is 4.37. The average molecular weight is 430 g/mol. The lowest BCUT2D eigenvalue weighted by atomic mass is 10.3. The number of methoxy groups -OCH3 is 1. The summed E-state index contributed by atoms with van der Waals surface area (Å²) in [5.41, 5.74) is 6.31. The van der Waals surface area contributed by atoms with Crippen molar-refractivity contribution in [3.05, 3.63) is 23.9 Å². The summed E-state index contributed by atoms with van der Waals surface area (Å²) in [5.74, 6) is 0.377. The maximum absolute atomic E-state index is 12.2. The molecule has 1 rings (SSSR count). The topological polar surface area (TPSA) is 81.8 Å². The lowest BCUT2D eigenvalue weighted by molar-refractivity contribution is 0.0791. The second-order valence-corrected chi connectivity index (χ2v) is 4.37. The molecule has 0 saturated carbocycles. The van der Waals surface area contributed by atoms with Gasteiger partial charge < -0.3 is 20.5 Å². The molecule has 0 radical (unpaired) electrons. The number of rotatable bonds is 8. The maximum Gasteiger partial charge on any atom is 0.272 e. The van der Waals surface area contributed by atoms with Gasteiger partial charge in [0.15, 0.2) is 12.6 Å². The number of nitrogens with two attached hydrogens (primary N) is 1. The van der Waals surface area contributed by atoms with Crippen LogP contribution in [0.1, 0.15) is 12.5 Å². The van der Waals surface area contributed by atoms with Gasteiger partial charge in [0.25, 0.3) is 6.43 Å². The van der Waals surface area contributed by atoms with Crippen LogP contribution in [0.5, 0.6) is 5.88 Å². The Balaban J connectivity index is 0.00000441. The third-order valence-corrected chi connectivity index (χ3v) is 2.43. The van der Waals surface area contributed by atoms with Gasteiger partial charge >= 0.3 is 0 Å². The molecular formula is C13H21F2IN4O2. The molecule has 126 valence electrons. The van der Waals surface area contributed by atoms with Crippen molar-refractivity contribution in [2.24, 2.45) is 10.7 Å². The average Bonchev–Trinajstić information content (AvgIpc) is 2.43. The van der Waals surface area contributed by atoms with Crippen molar-refractivity contribution >= 4 is 29.9 Å². The Bertz CT molecular complexity index is 463. The van der Waals surface area contributed by atoms with E-state index < -0.39 is 13.0 Å². The molecular weight excluding hydrogens is 409 g/mol. The maximum atomic E-state index is 12.2. The summed E-state index contributed by atoms with van der Waals surface area (Å²) in [5, 5.41) is 2.94. The van der Waals surface area contributed by atoms with E-state index in [0.717, 1.165) is 0 Å². The van der Waals surface area contributed by atoms with E-state index >= 15 is 0 Å². The normalized spacial score (nSPS) is 12.7. The molecule has 0 spiro atoms. The van der Waals surface area contributed by atoms with Crippen LogP contribution in [0.3, 0.4) is 0 Å². The van der Waals surface area contributed by atoms with Crippen LogP contribution in [-0.2, 0) is 11.3 Å². The van der Waals surface area contributed by atoms with E-state index in [1.165, 1.54) is 6.20 Å². The van der Waals surface area contributed by atoms with E-state index in [2.05, 4.69) is 15.3 Å². The largest absolute Gasteiger partial charge is 0.471 e. The van der Waals surface area contributed by atoms with Gasteiger partial charge in [-0.15, -0.1) is 24.0 Å². The van der Waals surface area contributed by atoms with Crippen molar-refractivity contribution in [3.63, 3.8) is 0 Å². The summed E-state index contributed by atoms with van der Waals surface area (Å²) in [6.45, 7) is 1.87. The molecule has 1 heterocycles. The highest BCUT2D eigenvalue weighted by Gasteiger charge is 2.09. The zero-order valence-corrected chi connectivity index (χ0v) is 14.8. The molecule has 3 N–H and O–H groups in total. The Morgan fingerprint density at radius 3 is 2.82 bits per heavy atom. The number of nitrogens with zero attached hydrogens (tertiary/aromatic N) is 2. The number of halogens is 3. The predicted molar refractivity (Wildman–Crippen MR) is 91.0 cm³/mol. The van der Waals surface area contributed by atoms with Crippen molar-refractivity contribution in [1.29, 1.82) is 0 Å². The van der Waals surface area contributed by atoms with Gasteiger partial charge in [0.1, 0.15) is 0 Å². The minimum Gasteiger partial charge on any atom is -0.471 e. The highest BCUT2D eigenvalue weighted by atomic mass is 127. The van der Waals surface area contributed by atoms with E-state index in [0.29, 0.717) is 12.2 Å². The van der Waals surface area contributed by atoms with E-state index in [4.69, 9.17) is 15.2 Å². The van der Waals surface area contributed by atoms with Crippen molar-refractivity contribution in [3.8, 4) is 5.88 Å². The number of aliphatic imine (C=N–C) groups is 1. The summed E-state index contributed by atoms with van der Waals surface area (Å²) in [4.78, 5) is 8.04. The number of guanidine groups is 1. The summed E-state index contributed by atoms with van der Waals surface area (Å²) >= 11 is 0. The van der Waals surface area contributed by atoms with Crippen LogP contribution in [0.4, 0.5) is 8.78 Å². The summed E-state index contributed by atoms with van der Waals surface area (Å²) < 4.78 is 34.2. The quantitative estimate of drug-likeness (QED) is 0.374. The molecule has 0 aliphatic heterocycles. The lowest BCUT2D eigenvalue weighted by Crippen LogP contribution is -2.40. The van der Waals surface area contributed by atoms with Crippen LogP contribution >= 0.6 is 24.0 Å². The summed E-state index contributed by atoms with van der Waals surface area (Å²) in [7, 11) is 1.59. The molecule has 0 aliphatic rings. The molecule has 1 unspecified atom stereocenters. The first-order valence-electron chi connectivity index (χ1n) is 6.43. The molecule has 1 aromatic heterocycles. The number of hydrogen-bond donors (Lipinski definition) is 2. The van der Waals surface area contributed by atoms with Gasteiger partial charge in [-0.25, -0.2) is 18.8 Å². The Morgan fingerprint density at radius 1 is 1.45 bits per heavy atom. The SMILES string of the molecule is COCC(C)NC(N)=NCc1cccnc1OCC(F)F.I. The third-order valence-electron chi connectivity index (χ3n) is 2.43. The molecule has 0 amide bonds. The highest BCUT2D eigenvalue weighted by molar-refractivity contribution is 14.0. The third kappa shape index (κ3) is 8.27. The molecule has 22 heavy (non-hydrogen) atoms. The minimum atomic E-state index is -2.55. The number of nitrogens with one attached hydrogen (secondary N) is 1. The van der Waals surface area contributed by atoms with E-state index in [9.17, 15) is 8.78 Å². The molecule has 0 aliphatic carbocycles. The Hall–Kier alpha value is -1.23. The van der Waals surface area contributed by atoms with Crippen molar-refractivity contribution in [2.75, 3.05) is 20.3 Å². The van der Waals surface area contributed by atoms with Crippen LogP contribution in [0.2, 0.25) is 0 Å². The molecule has 1 atom stereocenters.